The number of fused-ring (bicyclic) bond motifs is 2. The molecule has 0 bridgehead atoms. The predicted octanol–water partition coefficient (Wildman–Crippen LogP) is 1.92. The summed E-state index contributed by atoms with van der Waals surface area (Å²) >= 11 is 0. The molecule has 0 aromatic heterocycles. The fraction of sp³-hybridized carbons (Fsp3) is 0.632. The molecule has 1 aromatic rings. The third kappa shape index (κ3) is 2.67. The number of benzene rings is 1. The number of carbonyl (C=O) groups excluding carboxylic acids is 1. The molecule has 0 fully saturated rings. The maximum atomic E-state index is 12.7. The Kier molecular flexibility index (Phi) is 4.53. The van der Waals surface area contributed by atoms with Crippen molar-refractivity contribution in [2.24, 2.45) is 0 Å². The Morgan fingerprint density at radius 3 is 2.14 bits per heavy atom. The first kappa shape index (κ1) is 15.5. The third-order valence-corrected chi connectivity index (χ3v) is 5.64. The Bertz CT molecular complexity index is 543. The predicted molar refractivity (Wildman–Crippen MR) is 90.6 cm³/mol. The number of amides is 1. The van der Waals surface area contributed by atoms with E-state index in [4.69, 9.17) is 0 Å². The average Bonchev–Trinajstić information content (AvgIpc) is 3.16. The molecule has 2 aliphatic rings. The van der Waals surface area contributed by atoms with E-state index in [1.54, 1.807) is 0 Å². The van der Waals surface area contributed by atoms with Crippen LogP contribution in [0.1, 0.15) is 55.9 Å². The van der Waals surface area contributed by atoms with Crippen molar-refractivity contribution in [3.8, 4) is 0 Å². The molecular weight excluding hydrogens is 272 g/mol. The molecule has 0 spiro atoms. The number of anilines is 1. The molecule has 3 nitrogen and oxygen atoms in total. The van der Waals surface area contributed by atoms with Gasteiger partial charge < -0.3 is 10.2 Å². The fourth-order valence-electron chi connectivity index (χ4n) is 4.25. The van der Waals surface area contributed by atoms with Gasteiger partial charge in [-0.25, -0.2) is 0 Å². The van der Waals surface area contributed by atoms with Crippen molar-refractivity contribution < 1.29 is 9.69 Å². The summed E-state index contributed by atoms with van der Waals surface area (Å²) in [4.78, 5) is 14.1. The minimum Gasteiger partial charge on any atom is -0.325 e. The van der Waals surface area contributed by atoms with Gasteiger partial charge in [-0.05, 0) is 81.5 Å². The standard InChI is InChI=1S/C19H28N2O/c1-4-21(5-2)13(3)19(22)20-18-16-10-6-8-14(16)12-15-9-7-11-17(15)18/h12-13H,4-11H2,1-3H3,(H,20,22)/p+1/t13-/m1/s1. The van der Waals surface area contributed by atoms with Crippen molar-refractivity contribution in [3.05, 3.63) is 28.3 Å². The zero-order chi connectivity index (χ0) is 15.7. The van der Waals surface area contributed by atoms with Crippen molar-refractivity contribution in [2.75, 3.05) is 18.4 Å². The van der Waals surface area contributed by atoms with E-state index in [0.29, 0.717) is 0 Å². The van der Waals surface area contributed by atoms with E-state index in [9.17, 15) is 4.79 Å². The lowest BCUT2D eigenvalue weighted by atomic mass is 9.98. The number of hydrogen-bond donors (Lipinski definition) is 2. The molecule has 0 unspecified atom stereocenters. The van der Waals surface area contributed by atoms with Gasteiger partial charge in [0, 0.05) is 5.69 Å². The lowest BCUT2D eigenvalue weighted by Gasteiger charge is -2.24. The SMILES string of the molecule is CC[NH+](CC)[C@H](C)C(=O)Nc1c2c(cc3c1CCC3)CCC2. The summed E-state index contributed by atoms with van der Waals surface area (Å²) in [5.41, 5.74) is 7.01. The van der Waals surface area contributed by atoms with Crippen LogP contribution in [-0.2, 0) is 30.5 Å². The van der Waals surface area contributed by atoms with Crippen LogP contribution in [0.25, 0.3) is 0 Å². The average molecular weight is 301 g/mol. The van der Waals surface area contributed by atoms with Crippen molar-refractivity contribution in [1.82, 2.24) is 0 Å². The summed E-state index contributed by atoms with van der Waals surface area (Å²) in [7, 11) is 0. The minimum absolute atomic E-state index is 0.0179. The molecule has 120 valence electrons. The Morgan fingerprint density at radius 2 is 1.64 bits per heavy atom. The van der Waals surface area contributed by atoms with Crippen LogP contribution >= 0.6 is 0 Å². The van der Waals surface area contributed by atoms with Gasteiger partial charge in [-0.15, -0.1) is 0 Å². The van der Waals surface area contributed by atoms with E-state index in [0.717, 1.165) is 25.9 Å². The highest BCUT2D eigenvalue weighted by atomic mass is 16.2. The first-order valence-corrected chi connectivity index (χ1v) is 8.97. The van der Waals surface area contributed by atoms with Crippen molar-refractivity contribution in [3.63, 3.8) is 0 Å². The second kappa shape index (κ2) is 6.41. The van der Waals surface area contributed by atoms with Crippen molar-refractivity contribution in [2.45, 2.75) is 65.3 Å². The van der Waals surface area contributed by atoms with Crippen LogP contribution in [-0.4, -0.2) is 25.0 Å². The number of quaternary nitrogens is 1. The summed E-state index contributed by atoms with van der Waals surface area (Å²) in [5.74, 6) is 0.188. The smallest absolute Gasteiger partial charge is 0.282 e. The molecule has 1 amide bonds. The monoisotopic (exact) mass is 301 g/mol. The van der Waals surface area contributed by atoms with Gasteiger partial charge in [0.15, 0.2) is 6.04 Å². The van der Waals surface area contributed by atoms with Crippen molar-refractivity contribution >= 4 is 11.6 Å². The van der Waals surface area contributed by atoms with Gasteiger partial charge in [0.25, 0.3) is 5.91 Å². The van der Waals surface area contributed by atoms with Crippen LogP contribution in [0, 0.1) is 0 Å². The molecule has 1 aromatic carbocycles. The van der Waals surface area contributed by atoms with E-state index in [2.05, 4.69) is 32.2 Å². The number of aryl methyl sites for hydroxylation is 2. The van der Waals surface area contributed by atoms with Crippen LogP contribution in [0.2, 0.25) is 0 Å². The van der Waals surface area contributed by atoms with Gasteiger partial charge in [0.2, 0.25) is 0 Å². The lowest BCUT2D eigenvalue weighted by molar-refractivity contribution is -0.910. The molecule has 2 aliphatic carbocycles. The third-order valence-electron chi connectivity index (χ3n) is 5.64. The molecule has 3 rings (SSSR count). The highest BCUT2D eigenvalue weighted by Crippen LogP contribution is 2.38. The molecule has 3 heteroatoms. The first-order chi connectivity index (χ1) is 10.7. The van der Waals surface area contributed by atoms with Crippen LogP contribution in [0.5, 0.6) is 0 Å². The topological polar surface area (TPSA) is 33.5 Å². The first-order valence-electron chi connectivity index (χ1n) is 8.97. The number of nitrogens with one attached hydrogen (secondary N) is 2. The van der Waals surface area contributed by atoms with Crippen LogP contribution in [0.3, 0.4) is 0 Å². The Morgan fingerprint density at radius 1 is 1.09 bits per heavy atom. The molecular formula is C19H29N2O+. The van der Waals surface area contributed by atoms with E-state index >= 15 is 0 Å². The largest absolute Gasteiger partial charge is 0.325 e. The van der Waals surface area contributed by atoms with Crippen LogP contribution < -0.4 is 10.2 Å². The van der Waals surface area contributed by atoms with Gasteiger partial charge >= 0.3 is 0 Å². The maximum absolute atomic E-state index is 12.7. The molecule has 0 radical (unpaired) electrons. The Balaban J connectivity index is 1.88. The van der Waals surface area contributed by atoms with E-state index in [1.807, 2.05) is 0 Å². The summed E-state index contributed by atoms with van der Waals surface area (Å²) < 4.78 is 0. The number of hydrogen-bond acceptors (Lipinski definition) is 1. The molecule has 0 saturated heterocycles. The second-order valence-electron chi connectivity index (χ2n) is 6.81. The summed E-state index contributed by atoms with van der Waals surface area (Å²) in [6.45, 7) is 8.36. The molecule has 1 atom stereocenters. The minimum atomic E-state index is 0.0179. The summed E-state index contributed by atoms with van der Waals surface area (Å²) in [5, 5.41) is 3.33. The maximum Gasteiger partial charge on any atom is 0.282 e. The highest BCUT2D eigenvalue weighted by Gasteiger charge is 2.28. The number of likely N-dealkylation sites (N-methyl/N-ethyl adjacent to an activating group) is 1. The molecule has 0 aliphatic heterocycles. The van der Waals surface area contributed by atoms with Crippen molar-refractivity contribution in [1.29, 1.82) is 0 Å². The normalized spacial score (nSPS) is 17.5. The van der Waals surface area contributed by atoms with Crippen LogP contribution in [0.4, 0.5) is 5.69 Å². The van der Waals surface area contributed by atoms with Gasteiger partial charge in [-0.2, -0.15) is 0 Å². The zero-order valence-corrected chi connectivity index (χ0v) is 14.2. The molecule has 2 N–H and O–H groups in total. The molecule has 22 heavy (non-hydrogen) atoms. The van der Waals surface area contributed by atoms with Gasteiger partial charge in [0.05, 0.1) is 13.1 Å². The van der Waals surface area contributed by atoms with Gasteiger partial charge in [-0.3, -0.25) is 4.79 Å². The lowest BCUT2D eigenvalue weighted by Crippen LogP contribution is -3.16. The Hall–Kier alpha value is -1.35. The van der Waals surface area contributed by atoms with Gasteiger partial charge in [0.1, 0.15) is 0 Å². The summed E-state index contributed by atoms with van der Waals surface area (Å²) in [6.07, 6.45) is 7.09. The number of rotatable bonds is 5. The van der Waals surface area contributed by atoms with E-state index in [-0.39, 0.29) is 11.9 Å². The molecule has 0 heterocycles. The Labute approximate surface area is 134 Å². The highest BCUT2D eigenvalue weighted by molar-refractivity contribution is 5.95. The van der Waals surface area contributed by atoms with Crippen LogP contribution in [0.15, 0.2) is 6.07 Å². The van der Waals surface area contributed by atoms with E-state index in [1.165, 1.54) is 58.5 Å². The number of carbonyl (C=O) groups is 1. The summed E-state index contributed by atoms with van der Waals surface area (Å²) in [6, 6.07) is 2.43. The fourth-order valence-corrected chi connectivity index (χ4v) is 4.25. The quantitative estimate of drug-likeness (QED) is 0.856. The molecule has 0 saturated carbocycles. The second-order valence-corrected chi connectivity index (χ2v) is 6.81. The van der Waals surface area contributed by atoms with E-state index < -0.39 is 0 Å². The zero-order valence-electron chi connectivity index (χ0n) is 14.2. The van der Waals surface area contributed by atoms with Gasteiger partial charge in [-0.1, -0.05) is 6.07 Å².